The molecule has 0 saturated carbocycles. The number of alkyl halides is 6. The molecule has 0 fully saturated rings. The van der Waals surface area contributed by atoms with Gasteiger partial charge in [0.15, 0.2) is 12.2 Å². The summed E-state index contributed by atoms with van der Waals surface area (Å²) in [5.74, 6) is -3.07. The van der Waals surface area contributed by atoms with Crippen molar-refractivity contribution in [3.8, 4) is 0 Å². The Kier molecular flexibility index (Phi) is 6.04. The molecule has 2 atom stereocenters. The van der Waals surface area contributed by atoms with E-state index in [0.717, 1.165) is 0 Å². The van der Waals surface area contributed by atoms with Crippen molar-refractivity contribution in [1.29, 1.82) is 0 Å². The summed E-state index contributed by atoms with van der Waals surface area (Å²) in [6, 6.07) is 0. The Morgan fingerprint density at radius 3 is 1.25 bits per heavy atom. The lowest BCUT2D eigenvalue weighted by Gasteiger charge is -2.15. The predicted molar refractivity (Wildman–Crippen MR) is 52.4 cm³/mol. The first-order chi connectivity index (χ1) is 8.84. The Labute approximate surface area is 109 Å². The second kappa shape index (κ2) is 6.62. The molecule has 0 saturated heterocycles. The van der Waals surface area contributed by atoms with E-state index in [2.05, 4.69) is 9.47 Å². The van der Waals surface area contributed by atoms with Gasteiger partial charge in [-0.05, 0) is 13.8 Å². The number of esters is 2. The number of rotatable bonds is 4. The molecule has 0 rings (SSSR count). The summed E-state index contributed by atoms with van der Waals surface area (Å²) in [5.41, 5.74) is 0. The largest absolute Gasteiger partial charge is 0.450 e. The lowest BCUT2D eigenvalue weighted by Crippen LogP contribution is -2.31. The first-order valence-corrected chi connectivity index (χ1v) is 5.06. The molecule has 116 valence electrons. The van der Waals surface area contributed by atoms with E-state index in [4.69, 9.17) is 0 Å². The highest BCUT2D eigenvalue weighted by Gasteiger charge is 2.39. The van der Waals surface area contributed by atoms with E-state index >= 15 is 0 Å². The molecule has 0 amide bonds. The summed E-state index contributed by atoms with van der Waals surface area (Å²) in [4.78, 5) is 21.7. The maximum absolute atomic E-state index is 12.0. The second-order valence-corrected chi connectivity index (χ2v) is 3.57. The van der Waals surface area contributed by atoms with E-state index in [-0.39, 0.29) is 12.2 Å². The van der Waals surface area contributed by atoms with Crippen molar-refractivity contribution in [1.82, 2.24) is 0 Å². The summed E-state index contributed by atoms with van der Waals surface area (Å²) in [6.45, 7) is 1.10. The van der Waals surface area contributed by atoms with Crippen LogP contribution in [0.2, 0.25) is 0 Å². The van der Waals surface area contributed by atoms with Crippen LogP contribution in [0, 0.1) is 0 Å². The van der Waals surface area contributed by atoms with Gasteiger partial charge in [-0.15, -0.1) is 0 Å². The summed E-state index contributed by atoms with van der Waals surface area (Å²) in [6.07, 6.45) is -13.9. The third-order valence-electron chi connectivity index (χ3n) is 1.86. The number of ether oxygens (including phenoxy) is 2. The number of hydrogen-bond acceptors (Lipinski definition) is 4. The van der Waals surface area contributed by atoms with Crippen molar-refractivity contribution >= 4 is 11.9 Å². The fraction of sp³-hybridized carbons (Fsp3) is 0.600. The van der Waals surface area contributed by atoms with Crippen LogP contribution >= 0.6 is 0 Å². The summed E-state index contributed by atoms with van der Waals surface area (Å²) in [5, 5.41) is 0. The third kappa shape index (κ3) is 7.00. The van der Waals surface area contributed by atoms with Gasteiger partial charge in [0, 0.05) is 12.2 Å². The highest BCUT2D eigenvalue weighted by molar-refractivity contribution is 5.91. The van der Waals surface area contributed by atoms with Gasteiger partial charge in [-0.1, -0.05) is 0 Å². The van der Waals surface area contributed by atoms with Crippen molar-refractivity contribution < 1.29 is 45.4 Å². The standard InChI is InChI=1S/C10H10F6O4/c1-5(9(11,12)13)19-7(17)3-4-8(18)20-6(2)10(14,15)16/h3-6H,1-2H3/b4-3+. The first kappa shape index (κ1) is 18.3. The molecule has 0 aliphatic carbocycles. The molecule has 0 aromatic rings. The summed E-state index contributed by atoms with van der Waals surface area (Å²) >= 11 is 0. The molecule has 0 radical (unpaired) electrons. The number of carbonyl (C=O) groups is 2. The molecule has 4 nitrogen and oxygen atoms in total. The fourth-order valence-electron chi connectivity index (χ4n) is 0.697. The lowest BCUT2D eigenvalue weighted by molar-refractivity contribution is -0.214. The van der Waals surface area contributed by atoms with Crippen LogP contribution in [0.5, 0.6) is 0 Å². The minimum atomic E-state index is -4.78. The monoisotopic (exact) mass is 308 g/mol. The Hall–Kier alpha value is -1.74. The predicted octanol–water partition coefficient (Wildman–Crippen LogP) is 2.53. The van der Waals surface area contributed by atoms with Crippen molar-refractivity contribution in [2.24, 2.45) is 0 Å². The first-order valence-electron chi connectivity index (χ1n) is 5.06. The highest BCUT2D eigenvalue weighted by Crippen LogP contribution is 2.23. The van der Waals surface area contributed by atoms with Crippen LogP contribution in [0.25, 0.3) is 0 Å². The van der Waals surface area contributed by atoms with Gasteiger partial charge in [-0.2, -0.15) is 26.3 Å². The van der Waals surface area contributed by atoms with Gasteiger partial charge >= 0.3 is 24.3 Å². The molecule has 0 bridgehead atoms. The van der Waals surface area contributed by atoms with Crippen LogP contribution in [-0.2, 0) is 19.1 Å². The molecule has 0 spiro atoms. The van der Waals surface area contributed by atoms with Crippen LogP contribution in [0.15, 0.2) is 12.2 Å². The normalized spacial score (nSPS) is 15.8. The Morgan fingerprint density at radius 1 is 0.800 bits per heavy atom. The molecule has 0 heterocycles. The number of hydrogen-bond donors (Lipinski definition) is 0. The SMILES string of the molecule is CC(OC(=O)/C=C/C(=O)OC(C)C(F)(F)F)C(F)(F)F. The minimum Gasteiger partial charge on any atom is -0.450 e. The average Bonchev–Trinajstić information content (AvgIpc) is 2.23. The van der Waals surface area contributed by atoms with Gasteiger partial charge in [0.25, 0.3) is 0 Å². The highest BCUT2D eigenvalue weighted by atomic mass is 19.4. The van der Waals surface area contributed by atoms with Crippen LogP contribution in [0.3, 0.4) is 0 Å². The second-order valence-electron chi connectivity index (χ2n) is 3.57. The Bertz CT molecular complexity index is 348. The van der Waals surface area contributed by atoms with Crippen LogP contribution in [0.1, 0.15) is 13.8 Å². The van der Waals surface area contributed by atoms with E-state index in [1.54, 1.807) is 0 Å². The lowest BCUT2D eigenvalue weighted by atomic mass is 10.4. The van der Waals surface area contributed by atoms with E-state index < -0.39 is 36.5 Å². The molecule has 20 heavy (non-hydrogen) atoms. The van der Waals surface area contributed by atoms with Crippen LogP contribution < -0.4 is 0 Å². The van der Waals surface area contributed by atoms with Crippen molar-refractivity contribution in [2.45, 2.75) is 38.4 Å². The molecule has 0 aliphatic rings. The number of halogens is 6. The van der Waals surface area contributed by atoms with E-state index in [0.29, 0.717) is 13.8 Å². The van der Waals surface area contributed by atoms with E-state index in [1.165, 1.54) is 0 Å². The molecule has 0 N–H and O–H groups in total. The Morgan fingerprint density at radius 2 is 1.05 bits per heavy atom. The minimum absolute atomic E-state index is 0.244. The van der Waals surface area contributed by atoms with Gasteiger partial charge in [-0.25, -0.2) is 9.59 Å². The van der Waals surface area contributed by atoms with Gasteiger partial charge in [-0.3, -0.25) is 0 Å². The third-order valence-corrected chi connectivity index (χ3v) is 1.86. The maximum Gasteiger partial charge on any atom is 0.425 e. The molecular formula is C10H10F6O4. The maximum atomic E-state index is 12.0. The van der Waals surface area contributed by atoms with E-state index in [1.807, 2.05) is 0 Å². The van der Waals surface area contributed by atoms with Gasteiger partial charge in [0.1, 0.15) is 0 Å². The van der Waals surface area contributed by atoms with Gasteiger partial charge in [0.2, 0.25) is 0 Å². The summed E-state index contributed by atoms with van der Waals surface area (Å²) < 4.78 is 79.7. The Balaban J connectivity index is 4.37. The zero-order valence-corrected chi connectivity index (χ0v) is 10.2. The smallest absolute Gasteiger partial charge is 0.425 e. The number of carbonyl (C=O) groups excluding carboxylic acids is 2. The quantitative estimate of drug-likeness (QED) is 0.455. The molecule has 10 heteroatoms. The topological polar surface area (TPSA) is 52.6 Å². The van der Waals surface area contributed by atoms with E-state index in [9.17, 15) is 35.9 Å². The van der Waals surface area contributed by atoms with Gasteiger partial charge in [0.05, 0.1) is 0 Å². The average molecular weight is 308 g/mol. The zero-order chi connectivity index (χ0) is 16.1. The molecule has 0 aliphatic heterocycles. The summed E-state index contributed by atoms with van der Waals surface area (Å²) in [7, 11) is 0. The van der Waals surface area contributed by atoms with Crippen LogP contribution in [-0.4, -0.2) is 36.5 Å². The molecule has 2 unspecified atom stereocenters. The molecule has 0 aromatic carbocycles. The zero-order valence-electron chi connectivity index (χ0n) is 10.2. The fourth-order valence-corrected chi connectivity index (χ4v) is 0.697. The van der Waals surface area contributed by atoms with Crippen LogP contribution in [0.4, 0.5) is 26.3 Å². The molecule has 0 aromatic heterocycles. The van der Waals surface area contributed by atoms with Crippen molar-refractivity contribution in [3.05, 3.63) is 12.2 Å². The molecular weight excluding hydrogens is 298 g/mol. The van der Waals surface area contributed by atoms with Crippen molar-refractivity contribution in [3.63, 3.8) is 0 Å². The van der Waals surface area contributed by atoms with Gasteiger partial charge < -0.3 is 9.47 Å². The van der Waals surface area contributed by atoms with Crippen molar-refractivity contribution in [2.75, 3.05) is 0 Å².